The molecule has 0 aliphatic heterocycles. The lowest BCUT2D eigenvalue weighted by atomic mass is 10.0. The minimum Gasteiger partial charge on any atom is -0.316 e. The van der Waals surface area contributed by atoms with Crippen LogP contribution in [0.1, 0.15) is 23.7 Å². The van der Waals surface area contributed by atoms with Crippen molar-refractivity contribution >= 4 is 27.5 Å². The van der Waals surface area contributed by atoms with Gasteiger partial charge >= 0.3 is 0 Å². The molecular weight excluding hydrogens is 352 g/mol. The molecule has 0 aliphatic rings. The number of hydrogen-bond acceptors (Lipinski definition) is 2. The van der Waals surface area contributed by atoms with E-state index in [4.69, 9.17) is 0 Å². The highest BCUT2D eigenvalue weighted by atomic mass is 32.1. The molecule has 0 saturated carbocycles. The first-order chi connectivity index (χ1) is 13.3. The number of aryl methyl sites for hydroxylation is 1. The fraction of sp³-hybridized carbons (Fsp3) is 0.130. The topological polar surface area (TPSA) is 34.4 Å². The molecule has 27 heavy (non-hydrogen) atoms. The Balaban J connectivity index is 1.69. The summed E-state index contributed by atoms with van der Waals surface area (Å²) in [4.78, 5) is 17.9. The van der Waals surface area contributed by atoms with Gasteiger partial charge in [-0.25, -0.2) is 0 Å². The van der Waals surface area contributed by atoms with E-state index in [0.29, 0.717) is 5.56 Å². The summed E-state index contributed by atoms with van der Waals surface area (Å²) in [5.74, 6) is -0.203. The number of aromatic nitrogens is 1. The molecule has 0 saturated heterocycles. The monoisotopic (exact) mass is 372 g/mol. The van der Waals surface area contributed by atoms with Crippen molar-refractivity contribution in [3.63, 3.8) is 0 Å². The molecule has 0 aliphatic carbocycles. The van der Waals surface area contributed by atoms with Crippen LogP contribution in [0.15, 0.2) is 83.9 Å². The van der Waals surface area contributed by atoms with Crippen LogP contribution in [0, 0.1) is 0 Å². The second kappa shape index (κ2) is 7.72. The van der Waals surface area contributed by atoms with Crippen LogP contribution in [0.2, 0.25) is 0 Å². The van der Waals surface area contributed by atoms with E-state index in [1.165, 1.54) is 0 Å². The molecule has 0 radical (unpaired) electrons. The fourth-order valence-corrected chi connectivity index (χ4v) is 4.19. The van der Waals surface area contributed by atoms with Crippen LogP contribution in [-0.2, 0) is 6.54 Å². The third-order valence-electron chi connectivity index (χ3n) is 4.47. The lowest BCUT2D eigenvalue weighted by Gasteiger charge is -2.03. The maximum absolute atomic E-state index is 12.7. The molecule has 1 heterocycles. The first-order valence-corrected chi connectivity index (χ1v) is 9.91. The van der Waals surface area contributed by atoms with E-state index in [-0.39, 0.29) is 5.91 Å². The van der Waals surface area contributed by atoms with Crippen molar-refractivity contribution in [2.75, 3.05) is 0 Å². The highest BCUT2D eigenvalue weighted by Gasteiger charge is 2.09. The van der Waals surface area contributed by atoms with Crippen molar-refractivity contribution in [3.8, 4) is 11.1 Å². The molecule has 0 unspecified atom stereocenters. The molecule has 1 aromatic heterocycles. The standard InChI is InChI=1S/C23H20N2OS/c1-2-16-25-20-10-6-7-11-21(20)27-23(25)24-22(26)19-14-12-18(13-15-19)17-8-4-3-5-9-17/h3-15H,2,16H2,1H3. The third-order valence-corrected chi connectivity index (χ3v) is 5.53. The molecule has 4 heteroatoms. The summed E-state index contributed by atoms with van der Waals surface area (Å²) in [6, 6.07) is 26.0. The van der Waals surface area contributed by atoms with Gasteiger partial charge in [-0.3, -0.25) is 4.79 Å². The van der Waals surface area contributed by atoms with Gasteiger partial charge in [0.1, 0.15) is 0 Å². The summed E-state index contributed by atoms with van der Waals surface area (Å²) in [5.41, 5.74) is 3.97. The summed E-state index contributed by atoms with van der Waals surface area (Å²) in [6.45, 7) is 2.98. The zero-order valence-corrected chi connectivity index (χ0v) is 15.9. The maximum atomic E-state index is 12.7. The van der Waals surface area contributed by atoms with Gasteiger partial charge in [0.2, 0.25) is 0 Å². The number of carbonyl (C=O) groups is 1. The molecule has 3 aromatic carbocycles. The van der Waals surface area contributed by atoms with Gasteiger partial charge in [-0.05, 0) is 41.8 Å². The van der Waals surface area contributed by atoms with Crippen LogP contribution in [0.5, 0.6) is 0 Å². The van der Waals surface area contributed by atoms with Crippen LogP contribution in [-0.4, -0.2) is 10.5 Å². The Kier molecular flexibility index (Phi) is 4.99. The van der Waals surface area contributed by atoms with Gasteiger partial charge in [0.25, 0.3) is 5.91 Å². The summed E-state index contributed by atoms with van der Waals surface area (Å²) in [5, 5.41) is 0. The molecule has 4 aromatic rings. The van der Waals surface area contributed by atoms with E-state index in [1.807, 2.05) is 54.6 Å². The zero-order chi connectivity index (χ0) is 18.6. The largest absolute Gasteiger partial charge is 0.316 e. The second-order valence-corrected chi connectivity index (χ2v) is 7.37. The number of carbonyl (C=O) groups excluding carboxylic acids is 1. The quantitative estimate of drug-likeness (QED) is 0.464. The van der Waals surface area contributed by atoms with Crippen LogP contribution < -0.4 is 4.80 Å². The fourth-order valence-electron chi connectivity index (χ4n) is 3.13. The smallest absolute Gasteiger partial charge is 0.279 e. The zero-order valence-electron chi connectivity index (χ0n) is 15.1. The molecule has 0 N–H and O–H groups in total. The number of amides is 1. The van der Waals surface area contributed by atoms with Crippen LogP contribution >= 0.6 is 11.3 Å². The van der Waals surface area contributed by atoms with Crippen molar-refractivity contribution in [3.05, 3.63) is 89.2 Å². The predicted octanol–water partition coefficient (Wildman–Crippen LogP) is 5.52. The average molecular weight is 372 g/mol. The molecule has 0 atom stereocenters. The Hall–Kier alpha value is -2.98. The molecule has 0 spiro atoms. The number of thiazole rings is 1. The van der Waals surface area contributed by atoms with Crippen molar-refractivity contribution in [2.45, 2.75) is 19.9 Å². The Morgan fingerprint density at radius 3 is 2.30 bits per heavy atom. The Morgan fingerprint density at radius 1 is 0.889 bits per heavy atom. The molecule has 3 nitrogen and oxygen atoms in total. The third kappa shape index (κ3) is 3.62. The first kappa shape index (κ1) is 17.4. The van der Waals surface area contributed by atoms with Crippen molar-refractivity contribution in [1.29, 1.82) is 0 Å². The first-order valence-electron chi connectivity index (χ1n) is 9.09. The van der Waals surface area contributed by atoms with Crippen LogP contribution in [0.25, 0.3) is 21.3 Å². The van der Waals surface area contributed by atoms with Gasteiger partial charge in [-0.2, -0.15) is 4.99 Å². The normalized spacial score (nSPS) is 11.8. The van der Waals surface area contributed by atoms with Gasteiger partial charge in [-0.15, -0.1) is 0 Å². The van der Waals surface area contributed by atoms with Crippen molar-refractivity contribution in [2.24, 2.45) is 4.99 Å². The summed E-state index contributed by atoms with van der Waals surface area (Å²) in [6.07, 6.45) is 0.994. The number of nitrogens with zero attached hydrogens (tertiary/aromatic N) is 2. The predicted molar refractivity (Wildman–Crippen MR) is 112 cm³/mol. The minimum atomic E-state index is -0.203. The number of rotatable bonds is 4. The van der Waals surface area contributed by atoms with Gasteiger partial charge in [0.15, 0.2) is 4.80 Å². The van der Waals surface area contributed by atoms with Gasteiger partial charge in [0.05, 0.1) is 10.2 Å². The van der Waals surface area contributed by atoms with Gasteiger partial charge in [-0.1, -0.05) is 72.9 Å². The maximum Gasteiger partial charge on any atom is 0.279 e. The second-order valence-electron chi connectivity index (χ2n) is 6.36. The van der Waals surface area contributed by atoms with E-state index in [0.717, 1.165) is 39.1 Å². The van der Waals surface area contributed by atoms with Crippen molar-refractivity contribution < 1.29 is 4.79 Å². The van der Waals surface area contributed by atoms with Crippen LogP contribution in [0.4, 0.5) is 0 Å². The molecule has 4 rings (SSSR count). The Labute approximate surface area is 162 Å². The van der Waals surface area contributed by atoms with E-state index in [2.05, 4.69) is 40.7 Å². The summed E-state index contributed by atoms with van der Waals surface area (Å²) >= 11 is 1.56. The van der Waals surface area contributed by atoms with Gasteiger partial charge in [0, 0.05) is 12.1 Å². The van der Waals surface area contributed by atoms with Crippen LogP contribution in [0.3, 0.4) is 0 Å². The number of para-hydroxylation sites is 1. The highest BCUT2D eigenvalue weighted by Crippen LogP contribution is 2.20. The number of fused-ring (bicyclic) bond motifs is 1. The van der Waals surface area contributed by atoms with Gasteiger partial charge < -0.3 is 4.57 Å². The average Bonchev–Trinajstić information content (AvgIpc) is 3.06. The molecule has 134 valence electrons. The van der Waals surface area contributed by atoms with E-state index in [1.54, 1.807) is 11.3 Å². The summed E-state index contributed by atoms with van der Waals surface area (Å²) in [7, 11) is 0. The van der Waals surface area contributed by atoms with E-state index < -0.39 is 0 Å². The molecule has 0 fully saturated rings. The molecule has 0 bridgehead atoms. The lowest BCUT2D eigenvalue weighted by Crippen LogP contribution is -2.16. The minimum absolute atomic E-state index is 0.203. The Bertz CT molecular complexity index is 1140. The highest BCUT2D eigenvalue weighted by molar-refractivity contribution is 7.16. The molecule has 1 amide bonds. The SMILES string of the molecule is CCCn1c(=NC(=O)c2ccc(-c3ccccc3)cc2)sc2ccccc21. The summed E-state index contributed by atoms with van der Waals surface area (Å²) < 4.78 is 3.29. The molecular formula is C23H20N2OS. The number of benzene rings is 3. The van der Waals surface area contributed by atoms with Crippen molar-refractivity contribution in [1.82, 2.24) is 4.57 Å². The Morgan fingerprint density at radius 2 is 1.56 bits per heavy atom. The number of hydrogen-bond donors (Lipinski definition) is 0. The lowest BCUT2D eigenvalue weighted by molar-refractivity contribution is 0.0998. The van der Waals surface area contributed by atoms with E-state index in [9.17, 15) is 4.79 Å². The van der Waals surface area contributed by atoms with E-state index >= 15 is 0 Å².